The molecule has 1 aromatic heterocycles. The zero-order valence-corrected chi connectivity index (χ0v) is 13.9. The first-order valence-corrected chi connectivity index (χ1v) is 9.09. The van der Waals surface area contributed by atoms with E-state index in [1.165, 1.54) is 49.9 Å². The van der Waals surface area contributed by atoms with Crippen LogP contribution < -0.4 is 5.32 Å². The molecule has 4 bridgehead atoms. The molecule has 1 aromatic rings. The van der Waals surface area contributed by atoms with Crippen LogP contribution in [0.25, 0.3) is 0 Å². The lowest BCUT2D eigenvalue weighted by Gasteiger charge is -2.65. The van der Waals surface area contributed by atoms with Gasteiger partial charge in [-0.3, -0.25) is 4.79 Å². The van der Waals surface area contributed by atoms with Gasteiger partial charge in [-0.05, 0) is 72.1 Å². The van der Waals surface area contributed by atoms with Gasteiger partial charge in [0, 0.05) is 6.54 Å². The first kappa shape index (κ1) is 13.8. The fraction of sp³-hybridized carbons (Fsp3) is 0.722. The highest BCUT2D eigenvalue weighted by atomic mass is 32.1. The maximum Gasteiger partial charge on any atom is 0.261 e. The second-order valence-electron chi connectivity index (χ2n) is 8.79. The average Bonchev–Trinajstić information content (AvgIpc) is 2.85. The summed E-state index contributed by atoms with van der Waals surface area (Å²) < 4.78 is 0. The molecule has 2 atom stereocenters. The highest BCUT2D eigenvalue weighted by Crippen LogP contribution is 2.69. The van der Waals surface area contributed by atoms with Gasteiger partial charge in [-0.1, -0.05) is 19.9 Å². The molecule has 0 radical (unpaired) electrons. The lowest BCUT2D eigenvalue weighted by atomic mass is 9.40. The molecule has 4 saturated carbocycles. The number of nitrogens with one attached hydrogen (secondary N) is 1. The molecule has 21 heavy (non-hydrogen) atoms. The normalized spacial score (nSPS) is 44.0. The lowest BCUT2D eigenvalue weighted by molar-refractivity contribution is -0.142. The van der Waals surface area contributed by atoms with Crippen LogP contribution in [0.3, 0.4) is 0 Å². The molecule has 1 heterocycles. The van der Waals surface area contributed by atoms with Crippen molar-refractivity contribution in [1.82, 2.24) is 5.32 Å². The van der Waals surface area contributed by atoms with Crippen molar-refractivity contribution in [2.24, 2.45) is 22.2 Å². The molecule has 5 rings (SSSR count). The van der Waals surface area contributed by atoms with Crippen molar-refractivity contribution in [3.05, 3.63) is 22.4 Å². The van der Waals surface area contributed by atoms with Crippen molar-refractivity contribution in [3.63, 3.8) is 0 Å². The number of amides is 1. The Bertz CT molecular complexity index is 546. The number of rotatable bonds is 3. The Balaban J connectivity index is 1.51. The Kier molecular flexibility index (Phi) is 2.86. The van der Waals surface area contributed by atoms with Gasteiger partial charge in [0.05, 0.1) is 4.88 Å². The molecule has 0 aromatic carbocycles. The van der Waals surface area contributed by atoms with Crippen molar-refractivity contribution in [2.75, 3.05) is 6.54 Å². The molecule has 0 saturated heterocycles. The molecule has 4 fully saturated rings. The molecule has 0 aliphatic heterocycles. The van der Waals surface area contributed by atoms with Crippen LogP contribution in [0.15, 0.2) is 17.5 Å². The summed E-state index contributed by atoms with van der Waals surface area (Å²) in [5.41, 5.74) is 1.43. The number of thiophene rings is 1. The van der Waals surface area contributed by atoms with Crippen LogP contribution in [0.4, 0.5) is 0 Å². The summed E-state index contributed by atoms with van der Waals surface area (Å²) in [6.07, 6.45) is 8.21. The maximum atomic E-state index is 12.3. The molecular weight excluding hydrogens is 278 g/mol. The summed E-state index contributed by atoms with van der Waals surface area (Å²) in [7, 11) is 0. The van der Waals surface area contributed by atoms with Crippen molar-refractivity contribution in [1.29, 1.82) is 0 Å². The average molecular weight is 303 g/mol. The van der Waals surface area contributed by atoms with Crippen molar-refractivity contribution in [3.8, 4) is 0 Å². The molecule has 1 N–H and O–H groups in total. The van der Waals surface area contributed by atoms with Crippen molar-refractivity contribution < 1.29 is 4.79 Å². The maximum absolute atomic E-state index is 12.3. The number of hydrogen-bond donors (Lipinski definition) is 1. The Morgan fingerprint density at radius 1 is 1.24 bits per heavy atom. The second kappa shape index (κ2) is 4.34. The van der Waals surface area contributed by atoms with Gasteiger partial charge >= 0.3 is 0 Å². The summed E-state index contributed by atoms with van der Waals surface area (Å²) in [5.74, 6) is 1.02. The minimum atomic E-state index is 0.121. The molecule has 3 heteroatoms. The third-order valence-electron chi connectivity index (χ3n) is 6.11. The van der Waals surface area contributed by atoms with E-state index in [2.05, 4.69) is 19.2 Å². The topological polar surface area (TPSA) is 29.1 Å². The van der Waals surface area contributed by atoms with Gasteiger partial charge in [-0.15, -0.1) is 11.3 Å². The Hall–Kier alpha value is -0.830. The number of hydrogen-bond acceptors (Lipinski definition) is 2. The van der Waals surface area contributed by atoms with E-state index in [0.29, 0.717) is 16.2 Å². The van der Waals surface area contributed by atoms with Crippen LogP contribution in [0.2, 0.25) is 0 Å². The van der Waals surface area contributed by atoms with Crippen LogP contribution in [-0.4, -0.2) is 12.5 Å². The minimum Gasteiger partial charge on any atom is -0.351 e. The van der Waals surface area contributed by atoms with Gasteiger partial charge in [-0.25, -0.2) is 0 Å². The summed E-state index contributed by atoms with van der Waals surface area (Å²) in [6, 6.07) is 3.87. The zero-order chi connectivity index (χ0) is 14.7. The van der Waals surface area contributed by atoms with E-state index in [4.69, 9.17) is 0 Å². The van der Waals surface area contributed by atoms with Gasteiger partial charge in [0.15, 0.2) is 0 Å². The fourth-order valence-corrected chi connectivity index (χ4v) is 7.28. The summed E-state index contributed by atoms with van der Waals surface area (Å²) in [5, 5.41) is 5.22. The van der Waals surface area contributed by atoms with E-state index in [0.717, 1.165) is 17.3 Å². The van der Waals surface area contributed by atoms with Crippen molar-refractivity contribution in [2.45, 2.75) is 52.4 Å². The molecule has 4 aliphatic rings. The van der Waals surface area contributed by atoms with Crippen LogP contribution in [0, 0.1) is 22.2 Å². The van der Waals surface area contributed by atoms with Gasteiger partial charge in [0.1, 0.15) is 0 Å². The smallest absolute Gasteiger partial charge is 0.261 e. The summed E-state index contributed by atoms with van der Waals surface area (Å²) in [6.45, 7) is 5.86. The van der Waals surface area contributed by atoms with E-state index in [1.54, 1.807) is 0 Å². The number of carbonyl (C=O) groups is 1. The van der Waals surface area contributed by atoms with Gasteiger partial charge in [-0.2, -0.15) is 0 Å². The first-order valence-electron chi connectivity index (χ1n) is 8.21. The Labute approximate surface area is 131 Å². The van der Waals surface area contributed by atoms with E-state index >= 15 is 0 Å². The van der Waals surface area contributed by atoms with E-state index in [1.807, 2.05) is 17.5 Å². The van der Waals surface area contributed by atoms with Crippen LogP contribution in [-0.2, 0) is 0 Å². The summed E-state index contributed by atoms with van der Waals surface area (Å²) >= 11 is 1.53. The van der Waals surface area contributed by atoms with Crippen LogP contribution in [0.5, 0.6) is 0 Å². The SMILES string of the molecule is CC12CC3CC(C)(C1)CC(CNC(=O)c1cccs1)(C3)C2. The molecule has 2 unspecified atom stereocenters. The lowest BCUT2D eigenvalue weighted by Crippen LogP contribution is -2.58. The van der Waals surface area contributed by atoms with Gasteiger partial charge in [0.25, 0.3) is 5.91 Å². The number of carbonyl (C=O) groups excluding carboxylic acids is 1. The van der Waals surface area contributed by atoms with Crippen LogP contribution >= 0.6 is 11.3 Å². The van der Waals surface area contributed by atoms with Crippen molar-refractivity contribution >= 4 is 17.2 Å². The Morgan fingerprint density at radius 3 is 2.52 bits per heavy atom. The molecule has 0 spiro atoms. The third kappa shape index (κ3) is 2.34. The summed E-state index contributed by atoms with van der Waals surface area (Å²) in [4.78, 5) is 13.1. The van der Waals surface area contributed by atoms with E-state index < -0.39 is 0 Å². The van der Waals surface area contributed by atoms with Crippen LogP contribution in [0.1, 0.15) is 62.0 Å². The minimum absolute atomic E-state index is 0.121. The molecule has 114 valence electrons. The quantitative estimate of drug-likeness (QED) is 0.876. The first-order chi connectivity index (χ1) is 9.90. The fourth-order valence-electron chi connectivity index (χ4n) is 6.64. The predicted octanol–water partition coefficient (Wildman–Crippen LogP) is 4.47. The molecular formula is C18H25NOS. The molecule has 2 nitrogen and oxygen atoms in total. The molecule has 1 amide bonds. The monoisotopic (exact) mass is 303 g/mol. The predicted molar refractivity (Wildman–Crippen MR) is 86.5 cm³/mol. The van der Waals surface area contributed by atoms with E-state index in [-0.39, 0.29) is 5.91 Å². The third-order valence-corrected chi connectivity index (χ3v) is 6.98. The second-order valence-corrected chi connectivity index (χ2v) is 9.74. The van der Waals surface area contributed by atoms with E-state index in [9.17, 15) is 4.79 Å². The largest absolute Gasteiger partial charge is 0.351 e. The van der Waals surface area contributed by atoms with Gasteiger partial charge in [0.2, 0.25) is 0 Å². The Morgan fingerprint density at radius 2 is 1.95 bits per heavy atom. The highest BCUT2D eigenvalue weighted by Gasteiger charge is 2.59. The highest BCUT2D eigenvalue weighted by molar-refractivity contribution is 7.12. The molecule has 4 aliphatic carbocycles. The van der Waals surface area contributed by atoms with Gasteiger partial charge < -0.3 is 5.32 Å². The standard InChI is InChI=1S/C18H25NOS/c1-16-6-13-7-17(2,9-16)11-18(8-13,10-16)12-19-15(20)14-4-3-5-21-14/h3-5,13H,6-12H2,1-2H3,(H,19,20). The zero-order valence-electron chi connectivity index (χ0n) is 13.1.